The molecule has 2 N–H and O–H groups in total. The van der Waals surface area contributed by atoms with Crippen LogP contribution in [0.1, 0.15) is 58.4 Å². The molecule has 49 heavy (non-hydrogen) atoms. The van der Waals surface area contributed by atoms with E-state index in [1.165, 1.54) is 50.2 Å². The molecule has 5 rings (SSSR count). The molecule has 0 amide bonds. The Morgan fingerprint density at radius 3 is 1.31 bits per heavy atom. The summed E-state index contributed by atoms with van der Waals surface area (Å²) in [6.45, 7) is 2.67. The first kappa shape index (κ1) is 36.9. The Morgan fingerprint density at radius 2 is 0.980 bits per heavy atom. The highest BCUT2D eigenvalue weighted by molar-refractivity contribution is 7.52. The van der Waals surface area contributed by atoms with E-state index >= 15 is 0 Å². The number of alkyl halides is 6. The van der Waals surface area contributed by atoms with Crippen LogP contribution < -0.4 is 0 Å². The molecule has 1 aliphatic rings. The van der Waals surface area contributed by atoms with Crippen LogP contribution in [0.15, 0.2) is 72.8 Å². The van der Waals surface area contributed by atoms with Gasteiger partial charge in [-0.1, -0.05) is 48.5 Å². The van der Waals surface area contributed by atoms with Gasteiger partial charge in [-0.05, 0) is 82.6 Å². The monoisotopic (exact) mass is 734 g/mol. The van der Waals surface area contributed by atoms with Gasteiger partial charge in [0.1, 0.15) is 11.6 Å². The zero-order valence-corrected chi connectivity index (χ0v) is 27.5. The molecule has 2 atom stereocenters. The summed E-state index contributed by atoms with van der Waals surface area (Å²) < 4.78 is 150. The second kappa shape index (κ2) is 13.1. The summed E-state index contributed by atoms with van der Waals surface area (Å²) >= 11 is 0. The average Bonchev–Trinajstić information content (AvgIpc) is 3.25. The Labute approximate surface area is 275 Å². The molecule has 0 spiro atoms. The highest BCUT2D eigenvalue weighted by Crippen LogP contribution is 2.59. The summed E-state index contributed by atoms with van der Waals surface area (Å²) in [4.78, 5) is 20.8. The van der Waals surface area contributed by atoms with E-state index < -0.39 is 68.0 Å². The second-order valence-electron chi connectivity index (χ2n) is 11.3. The van der Waals surface area contributed by atoms with Crippen molar-refractivity contribution in [1.82, 2.24) is 0 Å². The molecule has 6 nitrogen and oxygen atoms in total. The number of hydrogen-bond acceptors (Lipinski definition) is 4. The summed E-state index contributed by atoms with van der Waals surface area (Å²) in [6, 6.07) is 12.2. The van der Waals surface area contributed by atoms with Crippen LogP contribution in [0.4, 0.5) is 35.1 Å². The Hall–Kier alpha value is -3.38. The minimum Gasteiger partial charge on any atom is -0.324 e. The Morgan fingerprint density at radius 1 is 0.612 bits per heavy atom. The molecule has 0 bridgehead atoms. The van der Waals surface area contributed by atoms with Crippen LogP contribution in [-0.2, 0) is 48.3 Å². The lowest BCUT2D eigenvalue weighted by Crippen LogP contribution is -2.30. The first-order valence-electron chi connectivity index (χ1n) is 14.7. The maximum atomic E-state index is 14.7. The molecule has 0 radical (unpaired) electrons. The zero-order valence-electron chi connectivity index (χ0n) is 25.7. The Kier molecular flexibility index (Phi) is 9.83. The summed E-state index contributed by atoms with van der Waals surface area (Å²) in [5, 5.41) is 0. The smallest absolute Gasteiger partial charge is 0.324 e. The van der Waals surface area contributed by atoms with E-state index in [-0.39, 0.29) is 57.7 Å². The Balaban J connectivity index is 1.95. The number of benzene rings is 4. The van der Waals surface area contributed by atoms with Gasteiger partial charge in [-0.25, -0.2) is 8.78 Å². The Bertz CT molecular complexity index is 1870. The maximum absolute atomic E-state index is 14.7. The van der Waals surface area contributed by atoms with E-state index in [1.54, 1.807) is 0 Å². The maximum Gasteiger partial charge on any atom is 0.419 e. The molecule has 0 saturated heterocycles. The zero-order chi connectivity index (χ0) is 36.2. The van der Waals surface area contributed by atoms with Gasteiger partial charge in [-0.2, -0.15) is 26.3 Å². The number of hydrogen-bond donors (Lipinski definition) is 2. The third-order valence-corrected chi connectivity index (χ3v) is 11.0. The first-order valence-corrected chi connectivity index (χ1v) is 18.2. The largest absolute Gasteiger partial charge is 0.419 e. The van der Waals surface area contributed by atoms with Crippen molar-refractivity contribution in [1.29, 1.82) is 0 Å². The fraction of sp³-hybridized carbons (Fsp3) is 0.273. The molecule has 0 heterocycles. The predicted molar refractivity (Wildman–Crippen MR) is 164 cm³/mol. The first-order chi connectivity index (χ1) is 22.7. The molecule has 0 fully saturated rings. The summed E-state index contributed by atoms with van der Waals surface area (Å²) in [6.07, 6.45) is -11.7. The molecule has 1 aliphatic carbocycles. The molecular weight excluding hydrogens is 706 g/mol. The fourth-order valence-electron chi connectivity index (χ4n) is 6.31. The highest BCUT2D eigenvalue weighted by Gasteiger charge is 2.49. The van der Waals surface area contributed by atoms with Crippen molar-refractivity contribution < 1.29 is 63.1 Å². The second-order valence-corrected chi connectivity index (χ2v) is 15.0. The molecule has 0 aliphatic heterocycles. The molecule has 0 aromatic heterocycles. The van der Waals surface area contributed by atoms with Crippen LogP contribution in [0.3, 0.4) is 0 Å². The highest BCUT2D eigenvalue weighted by atomic mass is 31.2. The van der Waals surface area contributed by atoms with Crippen LogP contribution in [0.25, 0.3) is 11.1 Å². The van der Waals surface area contributed by atoms with Crippen LogP contribution in [-0.4, -0.2) is 23.0 Å². The van der Waals surface area contributed by atoms with Crippen LogP contribution >= 0.6 is 15.2 Å². The molecule has 262 valence electrons. The molecule has 4 aromatic carbocycles. The van der Waals surface area contributed by atoms with Crippen molar-refractivity contribution in [2.75, 3.05) is 13.2 Å². The van der Waals surface area contributed by atoms with Crippen molar-refractivity contribution in [2.24, 2.45) is 0 Å². The van der Waals surface area contributed by atoms with E-state index in [2.05, 4.69) is 0 Å². The SMILES string of the molecule is CCOP(=O)(O)Cc1ccc2c(c1)C(c1ccc(F)c(C(F)(F)F)c1)(c1ccc(F)c(C(F)(F)F)c1)c1cc(CP(=O)(O)OCC)ccc1-2. The minimum atomic E-state index is -5.25. The molecule has 2 unspecified atom stereocenters. The van der Waals surface area contributed by atoms with E-state index in [0.717, 1.165) is 12.1 Å². The number of rotatable bonds is 10. The lowest BCUT2D eigenvalue weighted by atomic mass is 9.66. The third-order valence-electron chi connectivity index (χ3n) is 8.10. The van der Waals surface area contributed by atoms with Crippen molar-refractivity contribution in [3.05, 3.63) is 129 Å². The van der Waals surface area contributed by atoms with Crippen molar-refractivity contribution in [3.63, 3.8) is 0 Å². The summed E-state index contributed by atoms with van der Waals surface area (Å²) in [5.41, 5.74) is -5.64. The number of fused-ring (bicyclic) bond motifs is 3. The van der Waals surface area contributed by atoms with E-state index in [0.29, 0.717) is 24.3 Å². The van der Waals surface area contributed by atoms with Crippen molar-refractivity contribution >= 4 is 15.2 Å². The van der Waals surface area contributed by atoms with E-state index in [1.807, 2.05) is 0 Å². The van der Waals surface area contributed by atoms with Crippen LogP contribution in [0.2, 0.25) is 0 Å². The quantitative estimate of drug-likeness (QED) is 0.110. The molecular formula is C33H28F8O6P2. The summed E-state index contributed by atoms with van der Waals surface area (Å²) in [5.74, 6) is -3.34. The van der Waals surface area contributed by atoms with Gasteiger partial charge in [-0.3, -0.25) is 9.13 Å². The van der Waals surface area contributed by atoms with Gasteiger partial charge in [0.05, 0.1) is 42.1 Å². The molecule has 16 heteroatoms. The van der Waals surface area contributed by atoms with Crippen LogP contribution in [0.5, 0.6) is 0 Å². The van der Waals surface area contributed by atoms with E-state index in [4.69, 9.17) is 9.05 Å². The standard InChI is InChI=1S/C33H28F8O6P2/c1-3-46-48(42,43)17-19-5-9-23-24-10-6-20(18-49(44,45)47-4-2)14-26(24)31(25(23)13-19,21-7-11-29(34)27(15-21)32(36,37)38)22-8-12-30(35)28(16-22)33(39,40)41/h5-16H,3-4,17-18H2,1-2H3,(H,42,43)(H,44,45). The van der Waals surface area contributed by atoms with Gasteiger partial charge >= 0.3 is 27.5 Å². The van der Waals surface area contributed by atoms with Gasteiger partial charge < -0.3 is 18.8 Å². The lowest BCUT2D eigenvalue weighted by Gasteiger charge is -2.35. The summed E-state index contributed by atoms with van der Waals surface area (Å²) in [7, 11) is -8.56. The van der Waals surface area contributed by atoms with E-state index in [9.17, 15) is 54.0 Å². The molecule has 4 aromatic rings. The third kappa shape index (κ3) is 7.13. The fourth-order valence-corrected chi connectivity index (χ4v) is 8.62. The topological polar surface area (TPSA) is 93.1 Å². The minimum absolute atomic E-state index is 0.0186. The average molecular weight is 735 g/mol. The normalized spacial score (nSPS) is 16.5. The molecule has 0 saturated carbocycles. The number of halogens is 8. The van der Waals surface area contributed by atoms with Gasteiger partial charge in [0.25, 0.3) is 0 Å². The van der Waals surface area contributed by atoms with Gasteiger partial charge in [0.15, 0.2) is 0 Å². The van der Waals surface area contributed by atoms with Gasteiger partial charge in [-0.15, -0.1) is 0 Å². The van der Waals surface area contributed by atoms with Crippen LogP contribution in [0, 0.1) is 11.6 Å². The van der Waals surface area contributed by atoms with Crippen molar-refractivity contribution in [2.45, 2.75) is 43.9 Å². The lowest BCUT2D eigenvalue weighted by molar-refractivity contribution is -0.140. The predicted octanol–water partition coefficient (Wildman–Crippen LogP) is 9.81. The van der Waals surface area contributed by atoms with Gasteiger partial charge in [0.2, 0.25) is 0 Å². The van der Waals surface area contributed by atoms with Crippen molar-refractivity contribution in [3.8, 4) is 11.1 Å². The van der Waals surface area contributed by atoms with Gasteiger partial charge in [0, 0.05) is 0 Å².